The van der Waals surface area contributed by atoms with Gasteiger partial charge >= 0.3 is 0 Å². The van der Waals surface area contributed by atoms with Gasteiger partial charge in [-0.1, -0.05) is 12.8 Å². The van der Waals surface area contributed by atoms with Crippen LogP contribution in [0.3, 0.4) is 0 Å². The molecule has 2 amide bonds. The summed E-state index contributed by atoms with van der Waals surface area (Å²) in [6, 6.07) is 0. The van der Waals surface area contributed by atoms with Gasteiger partial charge in [0.2, 0.25) is 11.8 Å². The van der Waals surface area contributed by atoms with Crippen LogP contribution in [0.5, 0.6) is 0 Å². The van der Waals surface area contributed by atoms with Crippen molar-refractivity contribution in [2.24, 2.45) is 11.3 Å². The van der Waals surface area contributed by atoms with Gasteiger partial charge in [-0.2, -0.15) is 0 Å². The monoisotopic (exact) mass is 250 g/mol. The number of carbonyl (C=O) groups excluding carboxylic acids is 2. The predicted molar refractivity (Wildman–Crippen MR) is 67.8 cm³/mol. The molecule has 1 N–H and O–H groups in total. The van der Waals surface area contributed by atoms with E-state index in [1.165, 1.54) is 0 Å². The summed E-state index contributed by atoms with van der Waals surface area (Å²) in [5.41, 5.74) is -0.288. The van der Waals surface area contributed by atoms with Crippen molar-refractivity contribution < 1.29 is 9.59 Å². The number of nitrogens with zero attached hydrogens (tertiary/aromatic N) is 1. The average Bonchev–Trinajstić information content (AvgIpc) is 2.93. The number of nitrogens with one attached hydrogen (secondary N) is 1. The van der Waals surface area contributed by atoms with Crippen molar-refractivity contribution >= 4 is 11.8 Å². The van der Waals surface area contributed by atoms with Crippen LogP contribution in [0.4, 0.5) is 0 Å². The minimum atomic E-state index is -0.288. The lowest BCUT2D eigenvalue weighted by molar-refractivity contribution is -0.142. The van der Waals surface area contributed by atoms with Gasteiger partial charge in [0, 0.05) is 13.0 Å². The molecule has 1 spiro atoms. The maximum atomic E-state index is 12.5. The molecule has 4 heteroatoms. The molecular weight excluding hydrogens is 228 g/mol. The van der Waals surface area contributed by atoms with Crippen molar-refractivity contribution in [2.45, 2.75) is 44.9 Å². The molecule has 100 valence electrons. The van der Waals surface area contributed by atoms with Gasteiger partial charge in [-0.15, -0.1) is 0 Å². The highest BCUT2D eigenvalue weighted by Crippen LogP contribution is 2.47. The third kappa shape index (κ3) is 1.96. The van der Waals surface area contributed by atoms with E-state index in [0.717, 1.165) is 51.6 Å². The maximum absolute atomic E-state index is 12.5. The Hall–Kier alpha value is -0.900. The third-order valence-electron chi connectivity index (χ3n) is 4.95. The topological polar surface area (TPSA) is 49.4 Å². The van der Waals surface area contributed by atoms with E-state index in [0.29, 0.717) is 18.9 Å². The Morgan fingerprint density at radius 1 is 1.17 bits per heavy atom. The molecule has 3 fully saturated rings. The average molecular weight is 250 g/mol. The molecule has 0 bridgehead atoms. The molecular formula is C14H22N2O2. The molecule has 18 heavy (non-hydrogen) atoms. The van der Waals surface area contributed by atoms with Gasteiger partial charge in [0.15, 0.2) is 0 Å². The largest absolute Gasteiger partial charge is 0.317 e. The molecule has 0 atom stereocenters. The fraction of sp³-hybridized carbons (Fsp3) is 0.857. The second-order valence-electron chi connectivity index (χ2n) is 6.17. The summed E-state index contributed by atoms with van der Waals surface area (Å²) in [5.74, 6) is 0.736. The van der Waals surface area contributed by atoms with E-state index in [2.05, 4.69) is 5.32 Å². The highest BCUT2D eigenvalue weighted by Gasteiger charge is 2.52. The molecule has 3 aliphatic rings. The van der Waals surface area contributed by atoms with Crippen LogP contribution in [0.15, 0.2) is 0 Å². The van der Waals surface area contributed by atoms with E-state index < -0.39 is 0 Å². The first-order valence-electron chi connectivity index (χ1n) is 7.27. The number of imide groups is 1. The van der Waals surface area contributed by atoms with Crippen LogP contribution in [0.2, 0.25) is 0 Å². The summed E-state index contributed by atoms with van der Waals surface area (Å²) in [4.78, 5) is 26.2. The number of rotatable bonds is 2. The van der Waals surface area contributed by atoms with Crippen LogP contribution >= 0.6 is 0 Å². The molecule has 2 aliphatic heterocycles. The molecule has 2 heterocycles. The van der Waals surface area contributed by atoms with Crippen LogP contribution < -0.4 is 5.32 Å². The van der Waals surface area contributed by atoms with E-state index in [1.807, 2.05) is 0 Å². The molecule has 0 aromatic heterocycles. The van der Waals surface area contributed by atoms with Gasteiger partial charge in [-0.25, -0.2) is 0 Å². The van der Waals surface area contributed by atoms with Crippen LogP contribution in [-0.2, 0) is 9.59 Å². The standard InChI is InChI=1S/C14H22N2O2/c17-12-9-14(5-1-2-6-14)13(18)16(12)10-11-3-7-15-8-4-11/h11,15H,1-10H2. The van der Waals surface area contributed by atoms with Crippen molar-refractivity contribution in [3.63, 3.8) is 0 Å². The summed E-state index contributed by atoms with van der Waals surface area (Å²) in [6.07, 6.45) is 6.74. The highest BCUT2D eigenvalue weighted by molar-refractivity contribution is 6.06. The van der Waals surface area contributed by atoms with Gasteiger partial charge in [0.1, 0.15) is 0 Å². The quantitative estimate of drug-likeness (QED) is 0.752. The molecule has 4 nitrogen and oxygen atoms in total. The Labute approximate surface area is 108 Å². The summed E-state index contributed by atoms with van der Waals surface area (Å²) >= 11 is 0. The first-order valence-corrected chi connectivity index (χ1v) is 7.27. The van der Waals surface area contributed by atoms with Crippen molar-refractivity contribution in [1.82, 2.24) is 10.2 Å². The zero-order chi connectivity index (χ0) is 12.6. The number of hydrogen-bond acceptors (Lipinski definition) is 3. The van der Waals surface area contributed by atoms with Crippen molar-refractivity contribution in [1.29, 1.82) is 0 Å². The van der Waals surface area contributed by atoms with Gasteiger partial charge in [-0.3, -0.25) is 14.5 Å². The normalized spacial score (nSPS) is 28.6. The van der Waals surface area contributed by atoms with Crippen molar-refractivity contribution in [3.05, 3.63) is 0 Å². The maximum Gasteiger partial charge on any atom is 0.235 e. The first kappa shape index (κ1) is 12.2. The summed E-state index contributed by atoms with van der Waals surface area (Å²) < 4.78 is 0. The van der Waals surface area contributed by atoms with E-state index in [9.17, 15) is 9.59 Å². The number of hydrogen-bond donors (Lipinski definition) is 1. The van der Waals surface area contributed by atoms with Gasteiger partial charge in [0.05, 0.1) is 5.41 Å². The van der Waals surface area contributed by atoms with Gasteiger partial charge < -0.3 is 5.32 Å². The summed E-state index contributed by atoms with van der Waals surface area (Å²) in [6.45, 7) is 2.71. The van der Waals surface area contributed by atoms with E-state index in [1.54, 1.807) is 4.90 Å². The van der Waals surface area contributed by atoms with Crippen LogP contribution in [0, 0.1) is 11.3 Å². The molecule has 1 saturated carbocycles. The minimum absolute atomic E-state index is 0.0837. The summed E-state index contributed by atoms with van der Waals surface area (Å²) in [5, 5.41) is 3.32. The zero-order valence-electron chi connectivity index (χ0n) is 10.9. The lowest BCUT2D eigenvalue weighted by Gasteiger charge is -2.27. The Morgan fingerprint density at radius 3 is 2.50 bits per heavy atom. The Kier molecular flexibility index (Phi) is 3.14. The number of likely N-dealkylation sites (tertiary alicyclic amines) is 1. The highest BCUT2D eigenvalue weighted by atomic mass is 16.2. The predicted octanol–water partition coefficient (Wildman–Crippen LogP) is 1.31. The number of carbonyl (C=O) groups is 2. The van der Waals surface area contributed by atoms with Crippen LogP contribution in [-0.4, -0.2) is 36.3 Å². The lowest BCUT2D eigenvalue weighted by Crippen LogP contribution is -2.40. The minimum Gasteiger partial charge on any atom is -0.317 e. The molecule has 0 aromatic rings. The lowest BCUT2D eigenvalue weighted by atomic mass is 9.84. The second kappa shape index (κ2) is 4.65. The molecule has 2 saturated heterocycles. The van der Waals surface area contributed by atoms with Crippen molar-refractivity contribution in [2.75, 3.05) is 19.6 Å². The van der Waals surface area contributed by atoms with E-state index in [4.69, 9.17) is 0 Å². The molecule has 1 aliphatic carbocycles. The Balaban J connectivity index is 1.68. The molecule has 0 unspecified atom stereocenters. The fourth-order valence-corrected chi connectivity index (χ4v) is 3.81. The Morgan fingerprint density at radius 2 is 1.83 bits per heavy atom. The summed E-state index contributed by atoms with van der Waals surface area (Å²) in [7, 11) is 0. The SMILES string of the molecule is O=C1CC2(CCCC2)C(=O)N1CC1CCNCC1. The van der Waals surface area contributed by atoms with Gasteiger partial charge in [-0.05, 0) is 44.7 Å². The smallest absolute Gasteiger partial charge is 0.235 e. The van der Waals surface area contributed by atoms with Crippen molar-refractivity contribution in [3.8, 4) is 0 Å². The zero-order valence-corrected chi connectivity index (χ0v) is 10.9. The van der Waals surface area contributed by atoms with Crippen LogP contribution in [0.25, 0.3) is 0 Å². The second-order valence-corrected chi connectivity index (χ2v) is 6.17. The van der Waals surface area contributed by atoms with Crippen LogP contribution in [0.1, 0.15) is 44.9 Å². The molecule has 0 aromatic carbocycles. The van der Waals surface area contributed by atoms with E-state index >= 15 is 0 Å². The fourth-order valence-electron chi connectivity index (χ4n) is 3.81. The number of amides is 2. The van der Waals surface area contributed by atoms with E-state index in [-0.39, 0.29) is 17.2 Å². The third-order valence-corrected chi connectivity index (χ3v) is 4.95. The molecule has 3 rings (SSSR count). The first-order chi connectivity index (χ1) is 8.71. The van der Waals surface area contributed by atoms with Gasteiger partial charge in [0.25, 0.3) is 0 Å². The number of piperidine rings is 1. The Bertz CT molecular complexity index is 355. The molecule has 0 radical (unpaired) electrons.